The van der Waals surface area contributed by atoms with Gasteiger partial charge in [-0.2, -0.15) is 8.42 Å². The average Bonchev–Trinajstić information content (AvgIpc) is 2.72. The van der Waals surface area contributed by atoms with E-state index in [0.717, 1.165) is 13.3 Å². The Morgan fingerprint density at radius 3 is 2.23 bits per heavy atom. The Labute approximate surface area is 189 Å². The topological polar surface area (TPSA) is 133 Å². The smallest absolute Gasteiger partial charge is 0.316 e. The molecule has 13 heteroatoms. The summed E-state index contributed by atoms with van der Waals surface area (Å²) in [6.45, 7) is 0.254. The Morgan fingerprint density at radius 1 is 0.967 bits per heavy atom. The van der Waals surface area contributed by atoms with E-state index in [-0.39, 0.29) is 30.9 Å². The Morgan fingerprint density at radius 2 is 1.60 bits per heavy atom. The predicted molar refractivity (Wildman–Crippen MR) is 117 cm³/mol. The molecule has 0 radical (unpaired) electrons. The van der Waals surface area contributed by atoms with Crippen molar-refractivity contribution >= 4 is 47.9 Å². The van der Waals surface area contributed by atoms with Crippen molar-refractivity contribution in [2.24, 2.45) is 5.14 Å². The zero-order chi connectivity index (χ0) is 21.7. The first kappa shape index (κ1) is 22.3. The molecule has 3 aromatic rings. The first-order valence-corrected chi connectivity index (χ1v) is 11.5. The summed E-state index contributed by atoms with van der Waals surface area (Å²) in [5.41, 5.74) is 1.03. The lowest BCUT2D eigenvalue weighted by Gasteiger charge is -2.20. The highest BCUT2D eigenvalue weighted by molar-refractivity contribution is 9.10. The zero-order valence-electron chi connectivity index (χ0n) is 15.6. The van der Waals surface area contributed by atoms with Gasteiger partial charge in [0.25, 0.3) is 10.2 Å². The summed E-state index contributed by atoms with van der Waals surface area (Å²) in [7, 11) is -2.74. The van der Waals surface area contributed by atoms with E-state index in [1.165, 1.54) is 13.4 Å². The van der Waals surface area contributed by atoms with Gasteiger partial charge < -0.3 is 9.47 Å². The number of nitrogens with zero attached hydrogens (tertiary/aromatic N) is 5. The van der Waals surface area contributed by atoms with Gasteiger partial charge in [0.15, 0.2) is 5.82 Å². The number of rotatable bonds is 8. The van der Waals surface area contributed by atoms with Crippen LogP contribution in [-0.2, 0) is 10.2 Å². The van der Waals surface area contributed by atoms with E-state index in [4.69, 9.17) is 14.6 Å². The third-order valence-corrected chi connectivity index (χ3v) is 5.63. The largest absolute Gasteiger partial charge is 0.473 e. The number of anilines is 1. The number of benzene rings is 1. The number of halogens is 2. The molecular formula is C17H16Br2N6O4S. The molecule has 0 bridgehead atoms. The fraction of sp³-hybridized carbons (Fsp3) is 0.176. The van der Waals surface area contributed by atoms with Crippen LogP contribution < -0.4 is 18.9 Å². The minimum absolute atomic E-state index is 0.0852. The van der Waals surface area contributed by atoms with Gasteiger partial charge in [-0.25, -0.2) is 29.4 Å². The summed E-state index contributed by atoms with van der Waals surface area (Å²) < 4.78 is 37.4. The zero-order valence-corrected chi connectivity index (χ0v) is 19.6. The maximum Gasteiger partial charge on any atom is 0.316 e. The van der Waals surface area contributed by atoms with Crippen LogP contribution in [0.25, 0.3) is 11.1 Å². The molecule has 0 aliphatic rings. The summed E-state index contributed by atoms with van der Waals surface area (Å²) in [5.74, 6) is 0.264. The molecule has 2 aromatic heterocycles. The molecule has 10 nitrogen and oxygen atoms in total. The summed E-state index contributed by atoms with van der Waals surface area (Å²) in [5, 5.41) is 5.28. The van der Waals surface area contributed by atoms with Gasteiger partial charge in [0, 0.05) is 23.9 Å². The molecule has 0 unspecified atom stereocenters. The fourth-order valence-electron chi connectivity index (χ4n) is 2.34. The molecule has 2 heterocycles. The summed E-state index contributed by atoms with van der Waals surface area (Å²) in [6.07, 6.45) is 4.33. The van der Waals surface area contributed by atoms with Crippen LogP contribution in [0, 0.1) is 0 Å². The first-order chi connectivity index (χ1) is 14.3. The Hall–Kier alpha value is -2.35. The standard InChI is InChI=1S/C17H16Br2N6O4S/c1-25(30(20,26)27)15-14(11-2-4-12(18)5-3-11)16(24-10-23-15)28-6-7-29-17-21-8-13(19)9-22-17/h2-5,8-10H,6-7H2,1H3,(H2,20,26,27). The SMILES string of the molecule is CN(c1ncnc(OCCOc2ncc(Br)cn2)c1-c1ccc(Br)cc1)S(N)(=O)=O. The third-order valence-electron chi connectivity index (χ3n) is 3.76. The average molecular weight is 560 g/mol. The van der Waals surface area contributed by atoms with E-state index in [9.17, 15) is 8.42 Å². The van der Waals surface area contributed by atoms with Crippen LogP contribution in [0.1, 0.15) is 0 Å². The normalized spacial score (nSPS) is 11.2. The minimum atomic E-state index is -4.04. The van der Waals surface area contributed by atoms with Crippen molar-refractivity contribution < 1.29 is 17.9 Å². The van der Waals surface area contributed by atoms with Crippen molar-refractivity contribution in [3.05, 3.63) is 51.9 Å². The van der Waals surface area contributed by atoms with Gasteiger partial charge in [-0.05, 0) is 33.6 Å². The van der Waals surface area contributed by atoms with Gasteiger partial charge in [-0.15, -0.1) is 0 Å². The monoisotopic (exact) mass is 558 g/mol. The van der Waals surface area contributed by atoms with Gasteiger partial charge in [0.05, 0.1) is 10.0 Å². The first-order valence-electron chi connectivity index (χ1n) is 8.36. The molecule has 2 N–H and O–H groups in total. The molecule has 0 aliphatic heterocycles. The van der Waals surface area contributed by atoms with Crippen LogP contribution >= 0.6 is 31.9 Å². The molecule has 0 fully saturated rings. The lowest BCUT2D eigenvalue weighted by atomic mass is 10.1. The second-order valence-electron chi connectivity index (χ2n) is 5.78. The molecule has 3 rings (SSSR count). The van der Waals surface area contributed by atoms with E-state index in [1.54, 1.807) is 36.7 Å². The van der Waals surface area contributed by atoms with Crippen LogP contribution in [0.4, 0.5) is 5.82 Å². The molecule has 0 aliphatic carbocycles. The number of nitrogens with two attached hydrogens (primary N) is 1. The van der Waals surface area contributed by atoms with Crippen molar-refractivity contribution in [2.45, 2.75) is 0 Å². The quantitative estimate of drug-likeness (QED) is 0.416. The predicted octanol–water partition coefficient (Wildman–Crippen LogP) is 2.56. The second-order valence-corrected chi connectivity index (χ2v) is 9.19. The number of hydrogen-bond acceptors (Lipinski definition) is 8. The molecule has 1 aromatic carbocycles. The van der Waals surface area contributed by atoms with Crippen LogP contribution in [0.5, 0.6) is 11.9 Å². The molecule has 0 atom stereocenters. The molecule has 30 heavy (non-hydrogen) atoms. The number of aromatic nitrogens is 4. The molecule has 0 amide bonds. The van der Waals surface area contributed by atoms with Gasteiger partial charge in [-0.1, -0.05) is 28.1 Å². The third kappa shape index (κ3) is 5.62. The molecular weight excluding hydrogens is 544 g/mol. The summed E-state index contributed by atoms with van der Waals surface area (Å²) in [6, 6.07) is 7.37. The van der Waals surface area contributed by atoms with Crippen LogP contribution in [0.15, 0.2) is 51.9 Å². The number of hydrogen-bond donors (Lipinski definition) is 1. The van der Waals surface area contributed by atoms with Gasteiger partial charge in [-0.3, -0.25) is 0 Å². The van der Waals surface area contributed by atoms with E-state index in [2.05, 4.69) is 51.8 Å². The Kier molecular flexibility index (Phi) is 7.18. The van der Waals surface area contributed by atoms with E-state index < -0.39 is 10.2 Å². The Balaban J connectivity index is 1.85. The fourth-order valence-corrected chi connectivity index (χ4v) is 3.19. The molecule has 158 valence electrons. The van der Waals surface area contributed by atoms with E-state index in [1.807, 2.05) is 0 Å². The summed E-state index contributed by atoms with van der Waals surface area (Å²) in [4.78, 5) is 16.3. The van der Waals surface area contributed by atoms with Crippen LogP contribution in [0.2, 0.25) is 0 Å². The van der Waals surface area contributed by atoms with Crippen molar-refractivity contribution in [3.8, 4) is 23.0 Å². The highest BCUT2D eigenvalue weighted by Crippen LogP contribution is 2.36. The van der Waals surface area contributed by atoms with Gasteiger partial charge in [0.1, 0.15) is 19.5 Å². The van der Waals surface area contributed by atoms with Gasteiger partial charge >= 0.3 is 6.01 Å². The highest BCUT2D eigenvalue weighted by Gasteiger charge is 2.23. The van der Waals surface area contributed by atoms with E-state index in [0.29, 0.717) is 11.1 Å². The lowest BCUT2D eigenvalue weighted by Crippen LogP contribution is -2.34. The molecule has 0 spiro atoms. The summed E-state index contributed by atoms with van der Waals surface area (Å²) >= 11 is 6.62. The van der Waals surface area contributed by atoms with Crippen molar-refractivity contribution in [2.75, 3.05) is 24.6 Å². The Bertz CT molecular complexity index is 1110. The lowest BCUT2D eigenvalue weighted by molar-refractivity contribution is 0.202. The highest BCUT2D eigenvalue weighted by atomic mass is 79.9. The maximum absolute atomic E-state index is 11.9. The minimum Gasteiger partial charge on any atom is -0.473 e. The molecule has 0 saturated heterocycles. The van der Waals surface area contributed by atoms with Crippen molar-refractivity contribution in [3.63, 3.8) is 0 Å². The van der Waals surface area contributed by atoms with E-state index >= 15 is 0 Å². The second kappa shape index (κ2) is 9.64. The number of ether oxygens (including phenoxy) is 2. The van der Waals surface area contributed by atoms with Crippen LogP contribution in [0.3, 0.4) is 0 Å². The van der Waals surface area contributed by atoms with Crippen molar-refractivity contribution in [1.82, 2.24) is 19.9 Å². The van der Waals surface area contributed by atoms with Crippen LogP contribution in [-0.4, -0.2) is 48.6 Å². The van der Waals surface area contributed by atoms with Crippen molar-refractivity contribution in [1.29, 1.82) is 0 Å². The molecule has 0 saturated carbocycles. The maximum atomic E-state index is 11.9. The van der Waals surface area contributed by atoms with Gasteiger partial charge in [0.2, 0.25) is 5.88 Å².